The number of aliphatic carboxylic acids is 4. The number of carboxylic acids is 4. The summed E-state index contributed by atoms with van der Waals surface area (Å²) < 4.78 is 0. The van der Waals surface area contributed by atoms with Crippen molar-refractivity contribution in [3.8, 4) is 0 Å². The fourth-order valence-electron chi connectivity index (χ4n) is 3.43. The Morgan fingerprint density at radius 2 is 0.717 bits per heavy atom. The minimum Gasteiger partial charge on any atom is -0.481 e. The van der Waals surface area contributed by atoms with Gasteiger partial charge in [0.1, 0.15) is 30.2 Å². The highest BCUT2D eigenvalue weighted by atomic mass is 16.4. The number of rotatable bonds is 23. The van der Waals surface area contributed by atoms with E-state index in [9.17, 15) is 53.4 Å². The Balaban J connectivity index is 5.78. The molecule has 46 heavy (non-hydrogen) atoms. The molecule has 5 amide bonds. The van der Waals surface area contributed by atoms with Crippen LogP contribution in [0.3, 0.4) is 0 Å². The van der Waals surface area contributed by atoms with Gasteiger partial charge in [-0.3, -0.25) is 38.4 Å². The molecule has 0 spiro atoms. The Morgan fingerprint density at radius 1 is 0.435 bits per heavy atom. The second-order valence-corrected chi connectivity index (χ2v) is 9.60. The average molecular weight is 667 g/mol. The molecule has 6 atom stereocenters. The van der Waals surface area contributed by atoms with Gasteiger partial charge in [-0.2, -0.15) is 0 Å². The van der Waals surface area contributed by atoms with Crippen molar-refractivity contribution in [2.24, 2.45) is 5.73 Å². The van der Waals surface area contributed by atoms with Crippen LogP contribution in [0.1, 0.15) is 38.5 Å². The van der Waals surface area contributed by atoms with E-state index in [-0.39, 0.29) is 6.42 Å². The molecule has 260 valence electrons. The number of hydrogen-bond acceptors (Lipinski definition) is 13. The molecule has 0 unspecified atom stereocenters. The molecule has 0 saturated heterocycles. The van der Waals surface area contributed by atoms with Gasteiger partial charge in [-0.05, 0) is 19.3 Å². The molecule has 0 fully saturated rings. The molecule has 0 aliphatic heterocycles. The van der Waals surface area contributed by atoms with Crippen molar-refractivity contribution in [1.82, 2.24) is 26.6 Å². The van der Waals surface area contributed by atoms with Crippen LogP contribution in [-0.4, -0.2) is 145 Å². The number of carboxylic acid groups (broad SMARTS) is 4. The molecule has 0 aromatic carbocycles. The second kappa shape index (κ2) is 20.9. The molecule has 0 bridgehead atoms. The molecule has 0 aromatic heterocycles. The largest absolute Gasteiger partial charge is 0.481 e. The lowest BCUT2D eigenvalue weighted by Crippen LogP contribution is -2.60. The molecule has 14 N–H and O–H groups in total. The summed E-state index contributed by atoms with van der Waals surface area (Å²) in [7, 11) is 0. The molecule has 0 aliphatic rings. The highest BCUT2D eigenvalue weighted by Gasteiger charge is 2.33. The topological polar surface area (TPSA) is 381 Å². The maximum absolute atomic E-state index is 13.0. The smallest absolute Gasteiger partial charge is 0.328 e. The van der Waals surface area contributed by atoms with E-state index in [0.29, 0.717) is 0 Å². The van der Waals surface area contributed by atoms with E-state index in [1.165, 1.54) is 0 Å². The summed E-state index contributed by atoms with van der Waals surface area (Å²) in [6.45, 7) is -3.25. The van der Waals surface area contributed by atoms with Crippen LogP contribution in [0.5, 0.6) is 0 Å². The Hall–Kier alpha value is -4.93. The number of hydrogen-bond donors (Lipinski definition) is 13. The van der Waals surface area contributed by atoms with Crippen LogP contribution in [-0.2, 0) is 43.2 Å². The molecule has 0 rings (SSSR count). The molecule has 0 saturated carbocycles. The van der Waals surface area contributed by atoms with Crippen LogP contribution in [0.4, 0.5) is 0 Å². The first-order valence-corrected chi connectivity index (χ1v) is 13.4. The Labute approximate surface area is 259 Å². The van der Waals surface area contributed by atoms with Crippen molar-refractivity contribution in [2.75, 3.05) is 19.8 Å². The van der Waals surface area contributed by atoms with Gasteiger partial charge in [-0.1, -0.05) is 0 Å². The number of nitrogens with one attached hydrogen (secondary N) is 5. The van der Waals surface area contributed by atoms with Gasteiger partial charge < -0.3 is 68.1 Å². The summed E-state index contributed by atoms with van der Waals surface area (Å²) in [5, 5.41) is 74.1. The molecule has 22 nitrogen and oxygen atoms in total. The number of aliphatic hydroxyl groups is 3. The van der Waals surface area contributed by atoms with Gasteiger partial charge >= 0.3 is 23.9 Å². The molecular weight excluding hydrogens is 628 g/mol. The highest BCUT2D eigenvalue weighted by Crippen LogP contribution is 2.04. The fraction of sp³-hybridized carbons (Fsp3) is 0.625. The normalized spacial score (nSPS) is 14.6. The van der Waals surface area contributed by atoms with Crippen molar-refractivity contribution in [3.63, 3.8) is 0 Å². The van der Waals surface area contributed by atoms with Gasteiger partial charge in [0.25, 0.3) is 0 Å². The third kappa shape index (κ3) is 15.7. The maximum Gasteiger partial charge on any atom is 0.328 e. The summed E-state index contributed by atoms with van der Waals surface area (Å²) in [6.07, 6.45) is -3.45. The van der Waals surface area contributed by atoms with Crippen LogP contribution in [0.25, 0.3) is 0 Å². The van der Waals surface area contributed by atoms with Crippen LogP contribution < -0.4 is 32.3 Å². The van der Waals surface area contributed by atoms with Crippen LogP contribution in [0.2, 0.25) is 0 Å². The van der Waals surface area contributed by atoms with Gasteiger partial charge in [0, 0.05) is 19.3 Å². The quantitative estimate of drug-likeness (QED) is 0.0482. The lowest BCUT2D eigenvalue weighted by atomic mass is 10.1. The summed E-state index contributed by atoms with van der Waals surface area (Å²) in [4.78, 5) is 107. The third-order valence-corrected chi connectivity index (χ3v) is 5.99. The minimum absolute atomic E-state index is 0.324. The van der Waals surface area contributed by atoms with Crippen LogP contribution >= 0.6 is 0 Å². The molecule has 0 aliphatic carbocycles. The SMILES string of the molecule is N[C@@H](CCC(=O)O)C(=O)N[C@@H](CO)C(=O)N[C@@H](CCC(=O)O)C(=O)N[C@@H](CO)C(=O)N[C@@H](CCC(=O)O)C(=O)N[C@@H](CO)C(=O)O. The van der Waals surface area contributed by atoms with E-state index >= 15 is 0 Å². The first-order chi connectivity index (χ1) is 21.5. The first kappa shape index (κ1) is 41.1. The van der Waals surface area contributed by atoms with Gasteiger partial charge in [0.2, 0.25) is 29.5 Å². The third-order valence-electron chi connectivity index (χ3n) is 5.99. The van der Waals surface area contributed by atoms with Gasteiger partial charge in [-0.25, -0.2) is 4.79 Å². The minimum atomic E-state index is -1.90. The van der Waals surface area contributed by atoms with Crippen molar-refractivity contribution in [3.05, 3.63) is 0 Å². The number of carbonyl (C=O) groups excluding carboxylic acids is 5. The average Bonchev–Trinajstić information content (AvgIpc) is 2.98. The zero-order valence-corrected chi connectivity index (χ0v) is 24.2. The maximum atomic E-state index is 13.0. The molecular formula is C24H38N6O16. The van der Waals surface area contributed by atoms with E-state index in [1.54, 1.807) is 0 Å². The van der Waals surface area contributed by atoms with E-state index in [4.69, 9.17) is 31.3 Å². The number of carbonyl (C=O) groups is 9. The van der Waals surface area contributed by atoms with Gasteiger partial charge in [0.05, 0.1) is 25.9 Å². The Bertz CT molecular complexity index is 1130. The van der Waals surface area contributed by atoms with Gasteiger partial charge in [0.15, 0.2) is 0 Å². The van der Waals surface area contributed by atoms with E-state index in [2.05, 4.69) is 5.32 Å². The summed E-state index contributed by atoms with van der Waals surface area (Å²) in [5.41, 5.74) is 5.56. The molecule has 22 heteroatoms. The zero-order chi connectivity index (χ0) is 35.6. The second-order valence-electron chi connectivity index (χ2n) is 9.60. The fourth-order valence-corrected chi connectivity index (χ4v) is 3.43. The summed E-state index contributed by atoms with van der Waals surface area (Å²) >= 11 is 0. The number of amides is 5. The first-order valence-electron chi connectivity index (χ1n) is 13.4. The van der Waals surface area contributed by atoms with E-state index in [0.717, 1.165) is 0 Å². The molecule has 0 radical (unpaired) electrons. The predicted molar refractivity (Wildman–Crippen MR) is 147 cm³/mol. The van der Waals surface area contributed by atoms with Crippen LogP contribution in [0.15, 0.2) is 0 Å². The van der Waals surface area contributed by atoms with Crippen molar-refractivity contribution in [1.29, 1.82) is 0 Å². The van der Waals surface area contributed by atoms with Crippen molar-refractivity contribution in [2.45, 2.75) is 74.8 Å². The van der Waals surface area contributed by atoms with Crippen molar-refractivity contribution < 1.29 is 78.9 Å². The van der Waals surface area contributed by atoms with E-state index in [1.807, 2.05) is 21.3 Å². The zero-order valence-electron chi connectivity index (χ0n) is 24.2. The van der Waals surface area contributed by atoms with E-state index < -0.39 is 142 Å². The predicted octanol–water partition coefficient (Wildman–Crippen LogP) is -6.61. The summed E-state index contributed by atoms with van der Waals surface area (Å²) in [6, 6.07) is -10.4. The Kier molecular flexibility index (Phi) is 18.7. The van der Waals surface area contributed by atoms with Gasteiger partial charge in [-0.15, -0.1) is 0 Å². The molecule has 0 aromatic rings. The number of nitrogens with two attached hydrogens (primary N) is 1. The highest BCUT2D eigenvalue weighted by molar-refractivity contribution is 5.96. The molecule has 0 heterocycles. The summed E-state index contributed by atoms with van der Waals surface area (Å²) in [5.74, 6) is -11.8. The van der Waals surface area contributed by atoms with Crippen LogP contribution in [0, 0.1) is 0 Å². The Morgan fingerprint density at radius 3 is 1.04 bits per heavy atom. The lowest BCUT2D eigenvalue weighted by Gasteiger charge is -2.26. The van der Waals surface area contributed by atoms with Crippen molar-refractivity contribution >= 4 is 53.4 Å². The monoisotopic (exact) mass is 666 g/mol. The number of aliphatic hydroxyl groups excluding tert-OH is 3. The lowest BCUT2D eigenvalue weighted by molar-refractivity contribution is -0.144. The standard InChI is InChI=1S/C24H38N6O16/c25-10(1-4-16(34)35)19(40)28-13(7-31)22(43)26-11(2-5-17(36)37)20(41)29-14(8-32)23(44)27-12(3-6-18(38)39)21(42)30-15(9-33)24(45)46/h10-15,31-33H,1-9,25H2,(H,26,43)(H,27,44)(H,28,40)(H,29,41)(H,30,42)(H,34,35)(H,36,37)(H,38,39)(H,45,46)/t10-,11-,12-,13-,14-,15-/m0/s1.